The third-order valence-electron chi connectivity index (χ3n) is 4.60. The fraction of sp³-hybridized carbons (Fsp3) is 0. The van der Waals surface area contributed by atoms with Crippen molar-refractivity contribution in [3.05, 3.63) is 64.7 Å². The van der Waals surface area contributed by atoms with Crippen LogP contribution in [0.25, 0.3) is 42.5 Å². The number of hydrogen-bond donors (Lipinski definition) is 2. The van der Waals surface area contributed by atoms with Crippen LogP contribution in [0, 0.1) is 10.1 Å². The summed E-state index contributed by atoms with van der Waals surface area (Å²) < 4.78 is 0.920. The van der Waals surface area contributed by atoms with E-state index in [9.17, 15) is 20.3 Å². The predicted octanol–water partition coefficient (Wildman–Crippen LogP) is 4.98. The van der Waals surface area contributed by atoms with Gasteiger partial charge in [0.05, 0.1) is 26.6 Å². The molecular formula is C20H11N3O4S. The number of phenolic OH excluding ortho intramolecular Hbond substituents is 2. The number of aromatic nitrogens is 2. The highest BCUT2D eigenvalue weighted by atomic mass is 32.1. The Hall–Kier alpha value is -3.78. The highest BCUT2D eigenvalue weighted by Crippen LogP contribution is 2.47. The Morgan fingerprint density at radius 3 is 2.39 bits per heavy atom. The average Bonchev–Trinajstić information content (AvgIpc) is 3.10. The summed E-state index contributed by atoms with van der Waals surface area (Å²) in [5.74, 6) is -0.761. The third-order valence-corrected chi connectivity index (χ3v) is 5.66. The molecule has 2 N–H and O–H groups in total. The average molecular weight is 389 g/mol. The maximum absolute atomic E-state index is 11.4. The van der Waals surface area contributed by atoms with Crippen LogP contribution in [0.15, 0.2) is 54.6 Å². The summed E-state index contributed by atoms with van der Waals surface area (Å²) in [6.07, 6.45) is 0. The SMILES string of the molecule is O=[N+]([O-])c1nc2cc(O)c(-c3nc4ccccc4s3)c(O)c2c2ccccc12. The molecule has 0 bridgehead atoms. The molecule has 0 spiro atoms. The van der Waals surface area contributed by atoms with Gasteiger partial charge in [-0.15, -0.1) is 11.3 Å². The molecule has 0 unspecified atom stereocenters. The van der Waals surface area contributed by atoms with Crippen LogP contribution in [0.4, 0.5) is 5.82 Å². The molecule has 2 aromatic heterocycles. The molecule has 7 nitrogen and oxygen atoms in total. The van der Waals surface area contributed by atoms with E-state index in [1.165, 1.54) is 17.4 Å². The van der Waals surface area contributed by atoms with Gasteiger partial charge in [-0.1, -0.05) is 30.3 Å². The number of para-hydroxylation sites is 1. The van der Waals surface area contributed by atoms with Gasteiger partial charge in [-0.25, -0.2) is 4.98 Å². The molecule has 0 aliphatic carbocycles. The number of benzene rings is 3. The van der Waals surface area contributed by atoms with E-state index in [1.54, 1.807) is 24.3 Å². The van der Waals surface area contributed by atoms with Gasteiger partial charge in [0.1, 0.15) is 16.5 Å². The van der Waals surface area contributed by atoms with Crippen molar-refractivity contribution in [2.24, 2.45) is 0 Å². The Balaban J connectivity index is 1.91. The standard InChI is InChI=1S/C20H11N3O4S/c24-14-9-13-16(10-5-1-2-6-11(10)19(21-13)23(26)27)18(25)17(14)20-22-12-7-3-4-8-15(12)28-20/h1-9,24-25H. The van der Waals surface area contributed by atoms with E-state index in [0.717, 1.165) is 10.2 Å². The number of aromatic hydroxyl groups is 2. The highest BCUT2D eigenvalue weighted by Gasteiger charge is 2.25. The summed E-state index contributed by atoms with van der Waals surface area (Å²) in [5, 5.41) is 34.6. The van der Waals surface area contributed by atoms with Crippen molar-refractivity contribution < 1.29 is 15.1 Å². The van der Waals surface area contributed by atoms with Crippen molar-refractivity contribution in [1.29, 1.82) is 0 Å². The van der Waals surface area contributed by atoms with Crippen LogP contribution in [0.5, 0.6) is 11.5 Å². The lowest BCUT2D eigenvalue weighted by molar-refractivity contribution is -0.387. The van der Waals surface area contributed by atoms with Gasteiger partial charge >= 0.3 is 5.82 Å². The van der Waals surface area contributed by atoms with Gasteiger partial charge in [0.15, 0.2) is 5.52 Å². The van der Waals surface area contributed by atoms with Crippen LogP contribution in [-0.2, 0) is 0 Å². The van der Waals surface area contributed by atoms with Gasteiger partial charge in [0.2, 0.25) is 0 Å². The molecule has 2 heterocycles. The molecule has 0 amide bonds. The van der Waals surface area contributed by atoms with Crippen LogP contribution in [0.2, 0.25) is 0 Å². The lowest BCUT2D eigenvalue weighted by atomic mass is 10.0. The van der Waals surface area contributed by atoms with Crippen LogP contribution in [0.1, 0.15) is 0 Å². The summed E-state index contributed by atoms with van der Waals surface area (Å²) in [6.45, 7) is 0. The lowest BCUT2D eigenvalue weighted by Crippen LogP contribution is -1.96. The minimum Gasteiger partial charge on any atom is -0.507 e. The molecule has 3 aromatic carbocycles. The fourth-order valence-electron chi connectivity index (χ4n) is 3.39. The maximum Gasteiger partial charge on any atom is 0.371 e. The zero-order chi connectivity index (χ0) is 19.4. The van der Waals surface area contributed by atoms with E-state index < -0.39 is 4.92 Å². The maximum atomic E-state index is 11.4. The van der Waals surface area contributed by atoms with Crippen molar-refractivity contribution in [2.75, 3.05) is 0 Å². The summed E-state index contributed by atoms with van der Waals surface area (Å²) in [4.78, 5) is 19.4. The first-order chi connectivity index (χ1) is 13.5. The molecule has 0 atom stereocenters. The number of pyridine rings is 1. The molecule has 0 saturated heterocycles. The predicted molar refractivity (Wildman–Crippen MR) is 108 cm³/mol. The number of rotatable bonds is 2. The molecule has 5 aromatic rings. The lowest BCUT2D eigenvalue weighted by Gasteiger charge is -2.09. The summed E-state index contributed by atoms with van der Waals surface area (Å²) >= 11 is 1.34. The van der Waals surface area contributed by atoms with Gasteiger partial charge < -0.3 is 20.3 Å². The molecular weight excluding hydrogens is 378 g/mol. The van der Waals surface area contributed by atoms with E-state index in [2.05, 4.69) is 9.97 Å². The minimum atomic E-state index is -0.572. The topological polar surface area (TPSA) is 109 Å². The van der Waals surface area contributed by atoms with Gasteiger partial charge in [-0.2, -0.15) is 0 Å². The molecule has 28 heavy (non-hydrogen) atoms. The van der Waals surface area contributed by atoms with Gasteiger partial charge in [0, 0.05) is 11.5 Å². The fourth-order valence-corrected chi connectivity index (χ4v) is 4.42. The van der Waals surface area contributed by atoms with E-state index in [1.807, 2.05) is 24.3 Å². The van der Waals surface area contributed by atoms with E-state index in [0.29, 0.717) is 21.2 Å². The Bertz CT molecular complexity index is 1390. The monoisotopic (exact) mass is 389 g/mol. The number of phenols is 2. The van der Waals surface area contributed by atoms with E-state index in [4.69, 9.17) is 0 Å². The highest BCUT2D eigenvalue weighted by molar-refractivity contribution is 7.21. The normalized spacial score (nSPS) is 11.4. The molecule has 5 rings (SSSR count). The van der Waals surface area contributed by atoms with Crippen molar-refractivity contribution >= 4 is 49.0 Å². The molecule has 0 aliphatic heterocycles. The van der Waals surface area contributed by atoms with E-state index >= 15 is 0 Å². The zero-order valence-electron chi connectivity index (χ0n) is 14.2. The van der Waals surface area contributed by atoms with Crippen molar-refractivity contribution in [3.63, 3.8) is 0 Å². The van der Waals surface area contributed by atoms with Crippen LogP contribution in [-0.4, -0.2) is 25.1 Å². The summed E-state index contributed by atoms with van der Waals surface area (Å²) in [7, 11) is 0. The van der Waals surface area contributed by atoms with E-state index in [-0.39, 0.29) is 28.4 Å². The van der Waals surface area contributed by atoms with Crippen molar-refractivity contribution in [1.82, 2.24) is 9.97 Å². The Kier molecular flexibility index (Phi) is 3.43. The van der Waals surface area contributed by atoms with Crippen LogP contribution >= 0.6 is 11.3 Å². The minimum absolute atomic E-state index is 0.144. The van der Waals surface area contributed by atoms with Crippen LogP contribution in [0.3, 0.4) is 0 Å². The first-order valence-corrected chi connectivity index (χ1v) is 9.14. The number of hydrogen-bond acceptors (Lipinski definition) is 7. The van der Waals surface area contributed by atoms with Crippen LogP contribution < -0.4 is 0 Å². The van der Waals surface area contributed by atoms with Gasteiger partial charge in [-0.05, 0) is 28.1 Å². The first-order valence-electron chi connectivity index (χ1n) is 8.32. The van der Waals surface area contributed by atoms with Gasteiger partial charge in [0.25, 0.3) is 0 Å². The second-order valence-corrected chi connectivity index (χ2v) is 7.27. The van der Waals surface area contributed by atoms with Crippen molar-refractivity contribution in [2.45, 2.75) is 0 Å². The molecule has 136 valence electrons. The van der Waals surface area contributed by atoms with Crippen molar-refractivity contribution in [3.8, 4) is 22.1 Å². The number of fused-ring (bicyclic) bond motifs is 4. The molecule has 0 radical (unpaired) electrons. The number of nitrogens with zero attached hydrogens (tertiary/aromatic N) is 3. The van der Waals surface area contributed by atoms with Gasteiger partial charge in [-0.3, -0.25) is 0 Å². The Morgan fingerprint density at radius 1 is 0.929 bits per heavy atom. The quantitative estimate of drug-likeness (QED) is 0.250. The summed E-state index contributed by atoms with van der Waals surface area (Å²) in [6, 6.07) is 15.5. The summed E-state index contributed by atoms with van der Waals surface area (Å²) in [5.41, 5.74) is 1.09. The second kappa shape index (κ2) is 5.86. The Labute approximate surface area is 161 Å². The number of thiazole rings is 1. The largest absolute Gasteiger partial charge is 0.507 e. The second-order valence-electron chi connectivity index (χ2n) is 6.24. The smallest absolute Gasteiger partial charge is 0.371 e. The zero-order valence-corrected chi connectivity index (χ0v) is 15.0. The Morgan fingerprint density at radius 2 is 1.64 bits per heavy atom. The molecule has 0 fully saturated rings. The first kappa shape index (κ1) is 16.4. The third kappa shape index (κ3) is 2.28. The molecule has 0 saturated carbocycles. The number of nitro groups is 1. The molecule has 0 aliphatic rings. The molecule has 8 heteroatoms.